The molecule has 0 spiro atoms. The molecule has 192 valence electrons. The molecule has 2 aromatic rings. The number of rotatable bonds is 8. The van der Waals surface area contributed by atoms with Gasteiger partial charge in [-0.2, -0.15) is 0 Å². The SMILES string of the molecule is CCCC[C](CCCC)=[Zr]([C]1=CC=CC1)[c]1cc(C(C)(C)C)cc2c1Cc1ccc(C(C)(C)C)cc1-2. The van der Waals surface area contributed by atoms with Gasteiger partial charge in [-0.3, -0.25) is 0 Å². The van der Waals surface area contributed by atoms with Crippen molar-refractivity contribution in [2.24, 2.45) is 0 Å². The molecule has 0 aromatic heterocycles. The first-order valence-electron chi connectivity index (χ1n) is 14.4. The summed E-state index contributed by atoms with van der Waals surface area (Å²) < 4.78 is 5.57. The third-order valence-electron chi connectivity index (χ3n) is 8.13. The first-order chi connectivity index (χ1) is 17.0. The Balaban J connectivity index is 2.00. The van der Waals surface area contributed by atoms with Gasteiger partial charge in [0, 0.05) is 0 Å². The van der Waals surface area contributed by atoms with Crippen molar-refractivity contribution < 1.29 is 21.3 Å². The van der Waals surface area contributed by atoms with Crippen LogP contribution in [0, 0.1) is 0 Å². The van der Waals surface area contributed by atoms with Crippen LogP contribution >= 0.6 is 0 Å². The van der Waals surface area contributed by atoms with Crippen molar-refractivity contribution >= 4 is 6.48 Å². The summed E-state index contributed by atoms with van der Waals surface area (Å²) in [6.45, 7) is 19.0. The number of allylic oxidation sites excluding steroid dienone is 4. The summed E-state index contributed by atoms with van der Waals surface area (Å²) in [6.07, 6.45) is 17.5. The zero-order valence-electron chi connectivity index (χ0n) is 24.3. The van der Waals surface area contributed by atoms with Crippen LogP contribution in [-0.2, 0) is 38.5 Å². The second kappa shape index (κ2) is 11.2. The van der Waals surface area contributed by atoms with E-state index in [1.165, 1.54) is 67.2 Å². The van der Waals surface area contributed by atoms with E-state index in [-0.39, 0.29) is 10.8 Å². The zero-order valence-corrected chi connectivity index (χ0v) is 26.7. The number of hydrogen-bond acceptors (Lipinski definition) is 0. The predicted molar refractivity (Wildman–Crippen MR) is 158 cm³/mol. The summed E-state index contributed by atoms with van der Waals surface area (Å²) in [6, 6.07) is 12.6. The van der Waals surface area contributed by atoms with Crippen molar-refractivity contribution in [1.29, 1.82) is 0 Å². The van der Waals surface area contributed by atoms with Gasteiger partial charge in [-0.05, 0) is 0 Å². The van der Waals surface area contributed by atoms with Crippen LogP contribution in [0.25, 0.3) is 11.1 Å². The second-order valence-corrected chi connectivity index (χ2v) is 19.6. The van der Waals surface area contributed by atoms with Crippen LogP contribution in [0.5, 0.6) is 0 Å². The van der Waals surface area contributed by atoms with Gasteiger partial charge >= 0.3 is 231 Å². The van der Waals surface area contributed by atoms with Crippen molar-refractivity contribution in [3.05, 3.63) is 74.1 Å². The first-order valence-corrected chi connectivity index (χ1v) is 18.1. The Morgan fingerprint density at radius 3 is 2.00 bits per heavy atom. The van der Waals surface area contributed by atoms with Crippen molar-refractivity contribution in [1.82, 2.24) is 0 Å². The number of hydrogen-bond donors (Lipinski definition) is 0. The fourth-order valence-electron chi connectivity index (χ4n) is 5.78. The molecule has 0 saturated carbocycles. The standard InChI is InChI=1S/C21H25.C9H18.C5H5.Zr/c1-20(2,3)16-9-7-14-11-15-8-10-17(21(4,5)6)13-19(15)18(14)12-16;1-3-5-7-9-8-6-4-2;1-2-4-5-3-1;/h7,9-10,12-13H,11H2,1-6H3;3-8H2,1-2H3;1-3H,4H2;. The molecule has 0 saturated heterocycles. The van der Waals surface area contributed by atoms with E-state index in [0.29, 0.717) is 0 Å². The number of benzene rings is 2. The van der Waals surface area contributed by atoms with Crippen molar-refractivity contribution in [3.63, 3.8) is 0 Å². The van der Waals surface area contributed by atoms with Crippen molar-refractivity contribution in [2.75, 3.05) is 0 Å². The molecule has 2 aromatic carbocycles. The molecule has 0 radical (unpaired) electrons. The molecule has 0 aliphatic heterocycles. The summed E-state index contributed by atoms with van der Waals surface area (Å²) in [5.41, 5.74) is 9.58. The Morgan fingerprint density at radius 1 is 0.806 bits per heavy atom. The quantitative estimate of drug-likeness (QED) is 0.258. The van der Waals surface area contributed by atoms with E-state index in [1.54, 1.807) is 17.7 Å². The normalized spacial score (nSPS) is 14.6. The molecule has 0 N–H and O–H groups in total. The Labute approximate surface area is 229 Å². The van der Waals surface area contributed by atoms with E-state index in [1.807, 2.05) is 3.21 Å². The maximum atomic E-state index is 2.70. The second-order valence-electron chi connectivity index (χ2n) is 13.1. The molecule has 0 bridgehead atoms. The van der Waals surface area contributed by atoms with E-state index in [4.69, 9.17) is 0 Å². The van der Waals surface area contributed by atoms with E-state index < -0.39 is 21.3 Å². The monoisotopic (exact) mass is 558 g/mol. The Kier molecular flexibility index (Phi) is 8.61. The molecular weight excluding hydrogens is 512 g/mol. The van der Waals surface area contributed by atoms with E-state index in [2.05, 4.69) is 104 Å². The molecule has 2 aliphatic rings. The van der Waals surface area contributed by atoms with Gasteiger partial charge in [0.1, 0.15) is 0 Å². The minimum atomic E-state index is -2.21. The van der Waals surface area contributed by atoms with Crippen LogP contribution in [0.3, 0.4) is 0 Å². The molecule has 0 unspecified atom stereocenters. The fourth-order valence-corrected chi connectivity index (χ4v) is 14.2. The molecule has 4 rings (SSSR count). The molecule has 0 atom stereocenters. The number of fused-ring (bicyclic) bond motifs is 3. The number of unbranched alkanes of at least 4 members (excludes halogenated alkanes) is 2. The minimum absolute atomic E-state index is 0.151. The molecule has 0 amide bonds. The van der Waals surface area contributed by atoms with E-state index >= 15 is 0 Å². The van der Waals surface area contributed by atoms with Crippen LogP contribution < -0.4 is 3.27 Å². The van der Waals surface area contributed by atoms with Crippen molar-refractivity contribution in [2.45, 2.75) is 118 Å². The summed E-state index contributed by atoms with van der Waals surface area (Å²) in [5.74, 6) is 0. The summed E-state index contributed by atoms with van der Waals surface area (Å²) >= 11 is -2.21. The first kappa shape index (κ1) is 27.7. The fraction of sp³-hybridized carbons (Fsp3) is 0.514. The van der Waals surface area contributed by atoms with Crippen molar-refractivity contribution in [3.8, 4) is 11.1 Å². The molecule has 0 heterocycles. The third kappa shape index (κ3) is 5.88. The Morgan fingerprint density at radius 2 is 1.44 bits per heavy atom. The Hall–Kier alpha value is -1.33. The van der Waals surface area contributed by atoms with Gasteiger partial charge < -0.3 is 0 Å². The third-order valence-corrected chi connectivity index (χ3v) is 16.0. The maximum absolute atomic E-state index is 2.70. The average Bonchev–Trinajstić information content (AvgIpc) is 3.47. The van der Waals surface area contributed by atoms with Gasteiger partial charge in [0.05, 0.1) is 0 Å². The Bertz CT molecular complexity index is 1190. The van der Waals surface area contributed by atoms with Gasteiger partial charge in [0.15, 0.2) is 0 Å². The molecule has 36 heavy (non-hydrogen) atoms. The summed E-state index contributed by atoms with van der Waals surface area (Å²) in [4.78, 5) is 0. The average molecular weight is 560 g/mol. The zero-order chi connectivity index (χ0) is 26.1. The van der Waals surface area contributed by atoms with Crippen LogP contribution in [0.15, 0.2) is 51.8 Å². The predicted octanol–water partition coefficient (Wildman–Crippen LogP) is 9.49. The van der Waals surface area contributed by atoms with Crippen LogP contribution in [0.4, 0.5) is 0 Å². The molecule has 1 heteroatoms. The van der Waals surface area contributed by atoms with E-state index in [0.717, 1.165) is 6.42 Å². The topological polar surface area (TPSA) is 0 Å². The summed E-state index contributed by atoms with van der Waals surface area (Å²) in [5, 5.41) is 0. The van der Waals surface area contributed by atoms with Gasteiger partial charge in [-0.1, -0.05) is 0 Å². The van der Waals surface area contributed by atoms with E-state index in [9.17, 15) is 0 Å². The molecule has 0 fully saturated rings. The van der Waals surface area contributed by atoms with Crippen LogP contribution in [0.2, 0.25) is 0 Å². The van der Waals surface area contributed by atoms with Gasteiger partial charge in [0.2, 0.25) is 0 Å². The van der Waals surface area contributed by atoms with Gasteiger partial charge in [0.25, 0.3) is 0 Å². The van der Waals surface area contributed by atoms with Gasteiger partial charge in [-0.15, -0.1) is 0 Å². The van der Waals surface area contributed by atoms with Gasteiger partial charge in [-0.25, -0.2) is 0 Å². The summed E-state index contributed by atoms with van der Waals surface area (Å²) in [7, 11) is 0. The van der Waals surface area contributed by atoms with Crippen LogP contribution in [-0.4, -0.2) is 3.21 Å². The van der Waals surface area contributed by atoms with Crippen LogP contribution in [0.1, 0.15) is 123 Å². The molecular formula is C35H48Zr. The molecule has 0 nitrogen and oxygen atoms in total. The molecule has 2 aliphatic carbocycles.